The van der Waals surface area contributed by atoms with E-state index in [9.17, 15) is 14.7 Å². The number of amides is 1. The molecule has 0 bridgehead atoms. The smallest absolute Gasteiger partial charge is 0.308 e. The van der Waals surface area contributed by atoms with Crippen molar-refractivity contribution < 1.29 is 14.7 Å². The number of piperazine rings is 1. The van der Waals surface area contributed by atoms with E-state index in [1.165, 1.54) is 0 Å². The number of carboxylic acid groups (broad SMARTS) is 1. The lowest BCUT2D eigenvalue weighted by atomic mass is 9.80. The summed E-state index contributed by atoms with van der Waals surface area (Å²) in [5.74, 6) is -1.49. The molecule has 1 aromatic rings. The number of halogens is 1. The average molecular weight is 392 g/mol. The zero-order chi connectivity index (χ0) is 19.2. The Kier molecular flexibility index (Phi) is 4.80. The number of aliphatic carboxylic acids is 1. The summed E-state index contributed by atoms with van der Waals surface area (Å²) >= 11 is 6.08. The molecule has 27 heavy (non-hydrogen) atoms. The highest BCUT2D eigenvalue weighted by Gasteiger charge is 2.55. The van der Waals surface area contributed by atoms with Gasteiger partial charge in [-0.05, 0) is 49.9 Å². The van der Waals surface area contributed by atoms with Gasteiger partial charge in [0, 0.05) is 43.4 Å². The van der Waals surface area contributed by atoms with E-state index in [4.69, 9.17) is 11.6 Å². The number of carboxylic acids is 1. The number of carbonyl (C=O) groups excluding carboxylic acids is 1. The topological polar surface area (TPSA) is 64.1 Å². The summed E-state index contributed by atoms with van der Waals surface area (Å²) in [6.07, 6.45) is 2.80. The van der Waals surface area contributed by atoms with Gasteiger partial charge in [-0.15, -0.1) is 0 Å². The van der Waals surface area contributed by atoms with Gasteiger partial charge in [-0.25, -0.2) is 0 Å². The van der Waals surface area contributed by atoms with Crippen molar-refractivity contribution >= 4 is 29.2 Å². The lowest BCUT2D eigenvalue weighted by Crippen LogP contribution is -2.60. The van der Waals surface area contributed by atoms with E-state index in [2.05, 4.69) is 4.90 Å². The van der Waals surface area contributed by atoms with Gasteiger partial charge in [0.1, 0.15) is 6.04 Å². The second-order valence-corrected chi connectivity index (χ2v) is 8.74. The van der Waals surface area contributed by atoms with Crippen LogP contribution in [-0.2, 0) is 9.59 Å². The molecule has 2 saturated heterocycles. The van der Waals surface area contributed by atoms with Gasteiger partial charge in [-0.1, -0.05) is 17.7 Å². The van der Waals surface area contributed by atoms with Crippen LogP contribution in [0.25, 0.3) is 0 Å². The third-order valence-corrected chi connectivity index (χ3v) is 6.62. The van der Waals surface area contributed by atoms with Crippen LogP contribution in [0.4, 0.5) is 5.69 Å². The number of carbonyl (C=O) groups is 2. The fourth-order valence-corrected chi connectivity index (χ4v) is 4.93. The molecule has 146 valence electrons. The summed E-state index contributed by atoms with van der Waals surface area (Å²) in [5.41, 5.74) is 1.20. The summed E-state index contributed by atoms with van der Waals surface area (Å²) < 4.78 is 0. The van der Waals surface area contributed by atoms with Crippen molar-refractivity contribution in [2.24, 2.45) is 11.3 Å². The van der Waals surface area contributed by atoms with E-state index in [0.29, 0.717) is 24.5 Å². The van der Waals surface area contributed by atoms with Crippen LogP contribution in [0, 0.1) is 11.3 Å². The van der Waals surface area contributed by atoms with Crippen molar-refractivity contribution in [2.45, 2.75) is 25.3 Å². The second-order valence-electron chi connectivity index (χ2n) is 8.30. The average Bonchev–Trinajstić information content (AvgIpc) is 3.39. The third-order valence-electron chi connectivity index (χ3n) is 6.39. The highest BCUT2D eigenvalue weighted by Crippen LogP contribution is 2.54. The van der Waals surface area contributed by atoms with Crippen LogP contribution >= 0.6 is 11.6 Å². The SMILES string of the molecule is CN1CC2(CC2)CC(C(=O)O)C1C(=O)N1CCN(c2cccc(Cl)c2)CC1. The molecule has 3 aliphatic rings. The van der Waals surface area contributed by atoms with Gasteiger partial charge in [0.25, 0.3) is 0 Å². The second kappa shape index (κ2) is 6.99. The van der Waals surface area contributed by atoms with E-state index in [1.807, 2.05) is 41.1 Å². The van der Waals surface area contributed by atoms with Crippen molar-refractivity contribution in [1.82, 2.24) is 9.80 Å². The van der Waals surface area contributed by atoms with Crippen LogP contribution < -0.4 is 4.90 Å². The van der Waals surface area contributed by atoms with Gasteiger partial charge < -0.3 is 14.9 Å². The van der Waals surface area contributed by atoms with E-state index < -0.39 is 17.9 Å². The number of piperidine rings is 1. The maximum Gasteiger partial charge on any atom is 0.308 e. The summed E-state index contributed by atoms with van der Waals surface area (Å²) in [5, 5.41) is 10.4. The first-order valence-electron chi connectivity index (χ1n) is 9.61. The van der Waals surface area contributed by atoms with E-state index in [-0.39, 0.29) is 11.3 Å². The number of rotatable bonds is 3. The maximum atomic E-state index is 13.2. The Morgan fingerprint density at radius 2 is 1.89 bits per heavy atom. The Bertz CT molecular complexity index is 744. The number of likely N-dealkylation sites (N-methyl/N-ethyl adjacent to an activating group) is 1. The highest BCUT2D eigenvalue weighted by atomic mass is 35.5. The molecule has 1 saturated carbocycles. The lowest BCUT2D eigenvalue weighted by molar-refractivity contribution is -0.156. The van der Waals surface area contributed by atoms with Crippen LogP contribution in [0.2, 0.25) is 5.02 Å². The number of nitrogens with zero attached hydrogens (tertiary/aromatic N) is 3. The van der Waals surface area contributed by atoms with Gasteiger partial charge in [-0.2, -0.15) is 0 Å². The molecule has 3 fully saturated rings. The van der Waals surface area contributed by atoms with Crippen LogP contribution in [0.5, 0.6) is 0 Å². The molecule has 1 N–H and O–H groups in total. The van der Waals surface area contributed by atoms with Crippen LogP contribution in [0.3, 0.4) is 0 Å². The Labute approximate surface area is 164 Å². The van der Waals surface area contributed by atoms with Crippen molar-refractivity contribution in [3.63, 3.8) is 0 Å². The standard InChI is InChI=1S/C20H26ClN3O3/c1-22-13-20(5-6-20)12-16(19(26)27)17(22)18(25)24-9-7-23(8-10-24)15-4-2-3-14(21)11-15/h2-4,11,16-17H,5-10,12-13H2,1H3,(H,26,27). The van der Waals surface area contributed by atoms with E-state index in [0.717, 1.165) is 38.2 Å². The molecule has 0 aromatic heterocycles. The molecule has 4 rings (SSSR count). The molecule has 2 atom stereocenters. The minimum absolute atomic E-state index is 0.0360. The summed E-state index contributed by atoms with van der Waals surface area (Å²) in [6, 6.07) is 7.18. The fraction of sp³-hybridized carbons (Fsp3) is 0.600. The van der Waals surface area contributed by atoms with Crippen molar-refractivity contribution in [3.05, 3.63) is 29.3 Å². The summed E-state index contributed by atoms with van der Waals surface area (Å²) in [6.45, 7) is 3.49. The number of likely N-dealkylation sites (tertiary alicyclic amines) is 1. The van der Waals surface area contributed by atoms with Crippen molar-refractivity contribution in [1.29, 1.82) is 0 Å². The first kappa shape index (κ1) is 18.6. The molecule has 2 unspecified atom stereocenters. The van der Waals surface area contributed by atoms with Crippen LogP contribution in [0.1, 0.15) is 19.3 Å². The van der Waals surface area contributed by atoms with Crippen molar-refractivity contribution in [2.75, 3.05) is 44.7 Å². The first-order valence-corrected chi connectivity index (χ1v) is 9.99. The largest absolute Gasteiger partial charge is 0.481 e. The normalized spacial score (nSPS) is 27.6. The Morgan fingerprint density at radius 1 is 1.19 bits per heavy atom. The molecule has 6 nitrogen and oxygen atoms in total. The predicted molar refractivity (Wildman–Crippen MR) is 104 cm³/mol. The monoisotopic (exact) mass is 391 g/mol. The van der Waals surface area contributed by atoms with Gasteiger partial charge in [0.2, 0.25) is 5.91 Å². The Morgan fingerprint density at radius 3 is 2.48 bits per heavy atom. The molecule has 1 aromatic carbocycles. The predicted octanol–water partition coefficient (Wildman–Crippen LogP) is 2.17. The minimum Gasteiger partial charge on any atom is -0.481 e. The van der Waals surface area contributed by atoms with Crippen LogP contribution in [0.15, 0.2) is 24.3 Å². The molecule has 2 heterocycles. The molecule has 7 heteroatoms. The lowest BCUT2D eigenvalue weighted by Gasteiger charge is -2.44. The molecule has 2 aliphatic heterocycles. The van der Waals surface area contributed by atoms with Crippen LogP contribution in [-0.4, -0.2) is 72.6 Å². The Hall–Kier alpha value is -1.79. The molecule has 1 aliphatic carbocycles. The van der Waals surface area contributed by atoms with Gasteiger partial charge >= 0.3 is 5.97 Å². The zero-order valence-electron chi connectivity index (χ0n) is 15.6. The summed E-state index contributed by atoms with van der Waals surface area (Å²) in [7, 11) is 1.90. The number of hydrogen-bond donors (Lipinski definition) is 1. The zero-order valence-corrected chi connectivity index (χ0v) is 16.4. The van der Waals surface area contributed by atoms with Gasteiger partial charge in [0.05, 0.1) is 5.92 Å². The molecular formula is C20H26ClN3O3. The third kappa shape index (κ3) is 3.65. The van der Waals surface area contributed by atoms with Gasteiger partial charge in [0.15, 0.2) is 0 Å². The number of hydrogen-bond acceptors (Lipinski definition) is 4. The summed E-state index contributed by atoms with van der Waals surface area (Å²) in [4.78, 5) is 31.1. The van der Waals surface area contributed by atoms with E-state index >= 15 is 0 Å². The van der Waals surface area contributed by atoms with Crippen molar-refractivity contribution in [3.8, 4) is 0 Å². The fourth-order valence-electron chi connectivity index (χ4n) is 4.74. The number of anilines is 1. The quantitative estimate of drug-likeness (QED) is 0.855. The molecular weight excluding hydrogens is 366 g/mol. The highest BCUT2D eigenvalue weighted by molar-refractivity contribution is 6.30. The minimum atomic E-state index is -0.844. The number of benzene rings is 1. The molecule has 1 amide bonds. The maximum absolute atomic E-state index is 13.2. The van der Waals surface area contributed by atoms with E-state index in [1.54, 1.807) is 0 Å². The molecule has 0 radical (unpaired) electrons. The first-order chi connectivity index (χ1) is 12.9. The van der Waals surface area contributed by atoms with Gasteiger partial charge in [-0.3, -0.25) is 14.5 Å². The Balaban J connectivity index is 1.43. The molecule has 1 spiro atoms.